The molecule has 0 radical (unpaired) electrons. The zero-order chi connectivity index (χ0) is 15.5. The summed E-state index contributed by atoms with van der Waals surface area (Å²) in [6, 6.07) is 9.30. The molecule has 112 valence electrons. The van der Waals surface area contributed by atoms with Crippen molar-refractivity contribution in [2.45, 2.75) is 26.3 Å². The lowest BCUT2D eigenvalue weighted by Crippen LogP contribution is -1.99. The Labute approximate surface area is 129 Å². The molecule has 0 aliphatic carbocycles. The molecule has 0 spiro atoms. The summed E-state index contributed by atoms with van der Waals surface area (Å²) in [5, 5.41) is 4.34. The van der Waals surface area contributed by atoms with Crippen LogP contribution in [0.2, 0.25) is 0 Å². The third-order valence-electron chi connectivity index (χ3n) is 3.66. The highest BCUT2D eigenvalue weighted by Gasteiger charge is 2.09. The van der Waals surface area contributed by atoms with Crippen LogP contribution in [0, 0.1) is 5.82 Å². The van der Waals surface area contributed by atoms with E-state index in [0.717, 1.165) is 22.3 Å². The van der Waals surface area contributed by atoms with Crippen molar-refractivity contribution in [1.82, 2.24) is 14.8 Å². The van der Waals surface area contributed by atoms with Gasteiger partial charge in [0.1, 0.15) is 5.82 Å². The van der Waals surface area contributed by atoms with Gasteiger partial charge in [0.25, 0.3) is 0 Å². The Morgan fingerprint density at radius 1 is 1.14 bits per heavy atom. The minimum atomic E-state index is -0.160. The standard InChI is InChI=1S/C18H18FN3/c1-13(2)17-6-5-15(8-18(17)19)16-10-21-22(12-16)11-14-4-3-7-20-9-14/h3-10,12-13H,11H2,1-2H3. The predicted octanol–water partition coefficient (Wildman–Crippen LogP) is 4.26. The third kappa shape index (κ3) is 3.06. The fraction of sp³-hybridized carbons (Fsp3) is 0.222. The van der Waals surface area contributed by atoms with E-state index in [2.05, 4.69) is 10.1 Å². The van der Waals surface area contributed by atoms with Gasteiger partial charge < -0.3 is 0 Å². The van der Waals surface area contributed by atoms with Crippen LogP contribution in [0.15, 0.2) is 55.1 Å². The van der Waals surface area contributed by atoms with E-state index < -0.39 is 0 Å². The van der Waals surface area contributed by atoms with E-state index >= 15 is 0 Å². The molecular weight excluding hydrogens is 277 g/mol. The molecule has 2 aromatic heterocycles. The molecule has 0 aliphatic rings. The summed E-state index contributed by atoms with van der Waals surface area (Å²) in [6.07, 6.45) is 7.26. The highest BCUT2D eigenvalue weighted by atomic mass is 19.1. The summed E-state index contributed by atoms with van der Waals surface area (Å²) in [4.78, 5) is 4.09. The second-order valence-electron chi connectivity index (χ2n) is 5.68. The topological polar surface area (TPSA) is 30.7 Å². The van der Waals surface area contributed by atoms with E-state index in [4.69, 9.17) is 0 Å². The Balaban J connectivity index is 1.83. The van der Waals surface area contributed by atoms with Crippen molar-refractivity contribution in [3.8, 4) is 11.1 Å². The zero-order valence-corrected chi connectivity index (χ0v) is 12.7. The molecule has 3 aromatic rings. The van der Waals surface area contributed by atoms with Gasteiger partial charge in [0.05, 0.1) is 12.7 Å². The minimum Gasteiger partial charge on any atom is -0.268 e. The van der Waals surface area contributed by atoms with Gasteiger partial charge in [0.2, 0.25) is 0 Å². The van der Waals surface area contributed by atoms with Crippen LogP contribution in [0.4, 0.5) is 4.39 Å². The van der Waals surface area contributed by atoms with Crippen LogP contribution in [0.1, 0.15) is 30.9 Å². The molecule has 0 fully saturated rings. The highest BCUT2D eigenvalue weighted by molar-refractivity contribution is 5.62. The monoisotopic (exact) mass is 295 g/mol. The van der Waals surface area contributed by atoms with Crippen LogP contribution in [0.3, 0.4) is 0 Å². The third-order valence-corrected chi connectivity index (χ3v) is 3.66. The predicted molar refractivity (Wildman–Crippen MR) is 85.0 cm³/mol. The molecule has 4 heteroatoms. The van der Waals surface area contributed by atoms with Gasteiger partial charge in [0, 0.05) is 24.2 Å². The molecule has 1 aromatic carbocycles. The first-order valence-corrected chi connectivity index (χ1v) is 7.34. The Bertz CT molecular complexity index is 763. The van der Waals surface area contributed by atoms with Gasteiger partial charge in [-0.3, -0.25) is 9.67 Å². The van der Waals surface area contributed by atoms with Crippen molar-refractivity contribution >= 4 is 0 Å². The minimum absolute atomic E-state index is 0.160. The number of benzene rings is 1. The number of aromatic nitrogens is 3. The first-order valence-electron chi connectivity index (χ1n) is 7.34. The molecule has 22 heavy (non-hydrogen) atoms. The number of rotatable bonds is 4. The van der Waals surface area contributed by atoms with Crippen LogP contribution >= 0.6 is 0 Å². The molecule has 3 rings (SSSR count). The van der Waals surface area contributed by atoms with Crippen molar-refractivity contribution in [1.29, 1.82) is 0 Å². The Morgan fingerprint density at radius 2 is 2.00 bits per heavy atom. The maximum absolute atomic E-state index is 14.1. The van der Waals surface area contributed by atoms with E-state index in [9.17, 15) is 4.39 Å². The Kier molecular flexibility index (Phi) is 4.00. The quantitative estimate of drug-likeness (QED) is 0.720. The number of nitrogens with zero attached hydrogens (tertiary/aromatic N) is 3. The lowest BCUT2D eigenvalue weighted by atomic mass is 9.99. The van der Waals surface area contributed by atoms with Crippen molar-refractivity contribution in [3.63, 3.8) is 0 Å². The molecular formula is C18H18FN3. The SMILES string of the molecule is CC(C)c1ccc(-c2cnn(Cc3cccnc3)c2)cc1F. The van der Waals surface area contributed by atoms with Gasteiger partial charge in [-0.15, -0.1) is 0 Å². The maximum Gasteiger partial charge on any atom is 0.127 e. The summed E-state index contributed by atoms with van der Waals surface area (Å²) in [7, 11) is 0. The summed E-state index contributed by atoms with van der Waals surface area (Å²) < 4.78 is 15.9. The molecule has 0 amide bonds. The van der Waals surface area contributed by atoms with Crippen LogP contribution in [0.25, 0.3) is 11.1 Å². The van der Waals surface area contributed by atoms with Crippen molar-refractivity contribution < 1.29 is 4.39 Å². The van der Waals surface area contributed by atoms with E-state index in [1.165, 1.54) is 0 Å². The first-order chi connectivity index (χ1) is 10.6. The van der Waals surface area contributed by atoms with Crippen LogP contribution in [-0.2, 0) is 6.54 Å². The summed E-state index contributed by atoms with van der Waals surface area (Å²) in [6.45, 7) is 4.63. The van der Waals surface area contributed by atoms with Crippen molar-refractivity contribution in [3.05, 3.63) is 72.1 Å². The Hall–Kier alpha value is -2.49. The number of halogens is 1. The van der Waals surface area contributed by atoms with Gasteiger partial charge in [-0.25, -0.2) is 4.39 Å². The molecule has 0 N–H and O–H groups in total. The molecule has 0 saturated heterocycles. The molecule has 0 bridgehead atoms. The maximum atomic E-state index is 14.1. The summed E-state index contributed by atoms with van der Waals surface area (Å²) in [5.41, 5.74) is 3.59. The average Bonchev–Trinajstić information content (AvgIpc) is 2.96. The molecule has 0 unspecified atom stereocenters. The molecule has 2 heterocycles. The van der Waals surface area contributed by atoms with E-state index in [1.54, 1.807) is 18.5 Å². The van der Waals surface area contributed by atoms with E-state index in [0.29, 0.717) is 6.54 Å². The van der Waals surface area contributed by atoms with Crippen molar-refractivity contribution in [2.24, 2.45) is 0 Å². The van der Waals surface area contributed by atoms with E-state index in [-0.39, 0.29) is 11.7 Å². The number of hydrogen-bond acceptors (Lipinski definition) is 2. The largest absolute Gasteiger partial charge is 0.268 e. The van der Waals surface area contributed by atoms with Gasteiger partial charge in [-0.1, -0.05) is 32.0 Å². The lowest BCUT2D eigenvalue weighted by Gasteiger charge is -2.08. The van der Waals surface area contributed by atoms with Crippen LogP contribution in [-0.4, -0.2) is 14.8 Å². The van der Waals surface area contributed by atoms with E-state index in [1.807, 2.05) is 55.2 Å². The highest BCUT2D eigenvalue weighted by Crippen LogP contribution is 2.25. The van der Waals surface area contributed by atoms with Gasteiger partial charge >= 0.3 is 0 Å². The van der Waals surface area contributed by atoms with Gasteiger partial charge in [-0.05, 0) is 34.7 Å². The van der Waals surface area contributed by atoms with Crippen molar-refractivity contribution in [2.75, 3.05) is 0 Å². The van der Waals surface area contributed by atoms with Crippen LogP contribution in [0.5, 0.6) is 0 Å². The number of hydrogen-bond donors (Lipinski definition) is 0. The lowest BCUT2D eigenvalue weighted by molar-refractivity contribution is 0.599. The molecule has 0 atom stereocenters. The number of pyridine rings is 1. The second-order valence-corrected chi connectivity index (χ2v) is 5.68. The molecule has 3 nitrogen and oxygen atoms in total. The fourth-order valence-corrected chi connectivity index (χ4v) is 2.45. The van der Waals surface area contributed by atoms with Gasteiger partial charge in [-0.2, -0.15) is 5.10 Å². The summed E-state index contributed by atoms with van der Waals surface area (Å²) >= 11 is 0. The average molecular weight is 295 g/mol. The first kappa shape index (κ1) is 14.4. The smallest absolute Gasteiger partial charge is 0.127 e. The zero-order valence-electron chi connectivity index (χ0n) is 12.7. The summed E-state index contributed by atoms with van der Waals surface area (Å²) in [5.74, 6) is 0.0230. The molecule has 0 saturated carbocycles. The molecule has 0 aliphatic heterocycles. The van der Waals surface area contributed by atoms with Gasteiger partial charge in [0.15, 0.2) is 0 Å². The Morgan fingerprint density at radius 3 is 2.68 bits per heavy atom. The normalized spacial score (nSPS) is 11.1. The van der Waals surface area contributed by atoms with Crippen LogP contribution < -0.4 is 0 Å². The fourth-order valence-electron chi connectivity index (χ4n) is 2.45. The second kappa shape index (κ2) is 6.10.